The topological polar surface area (TPSA) is 73.5 Å². The lowest BCUT2D eigenvalue weighted by atomic mass is 10.0. The van der Waals surface area contributed by atoms with Gasteiger partial charge in [0.15, 0.2) is 5.60 Å². The van der Waals surface area contributed by atoms with Crippen LogP contribution in [0, 0.1) is 0 Å². The van der Waals surface area contributed by atoms with E-state index in [2.05, 4.69) is 0 Å². The molecular weight excluding hydrogens is 542 g/mol. The molecule has 218 valence electrons. The van der Waals surface area contributed by atoms with Gasteiger partial charge < -0.3 is 9.84 Å². The summed E-state index contributed by atoms with van der Waals surface area (Å²) in [6.45, 7) is 4.64. The number of aromatic nitrogens is 2. The Bertz CT molecular complexity index is 1350. The molecule has 12 heteroatoms. The average Bonchev–Trinajstić information content (AvgIpc) is 3.13. The van der Waals surface area contributed by atoms with E-state index < -0.39 is 47.3 Å². The molecule has 0 aliphatic heterocycles. The van der Waals surface area contributed by atoms with Gasteiger partial charge in [-0.25, -0.2) is 9.59 Å². The van der Waals surface area contributed by atoms with Crippen molar-refractivity contribution in [2.24, 2.45) is 0 Å². The van der Waals surface area contributed by atoms with Crippen LogP contribution < -0.4 is 10.4 Å². The van der Waals surface area contributed by atoms with E-state index in [0.717, 1.165) is 10.1 Å². The largest absolute Gasteiger partial charge is 0.478 e. The molecular formula is C28H30F6N2O4. The highest BCUT2D eigenvalue weighted by Crippen LogP contribution is 2.36. The van der Waals surface area contributed by atoms with E-state index in [-0.39, 0.29) is 11.6 Å². The van der Waals surface area contributed by atoms with Crippen LogP contribution in [-0.4, -0.2) is 25.8 Å². The Morgan fingerprint density at radius 1 is 0.900 bits per heavy atom. The van der Waals surface area contributed by atoms with Crippen LogP contribution in [0.25, 0.3) is 0 Å². The molecule has 1 N–H and O–H groups in total. The lowest BCUT2D eigenvalue weighted by Gasteiger charge is -2.21. The zero-order chi connectivity index (χ0) is 29.9. The van der Waals surface area contributed by atoms with Crippen molar-refractivity contribution in [2.45, 2.75) is 77.5 Å². The molecule has 0 amide bonds. The first kappa shape index (κ1) is 30.8. The number of aliphatic carboxylic acids is 1. The number of hydrogen-bond donors (Lipinski definition) is 1. The molecule has 0 unspecified atom stereocenters. The first-order valence-electron chi connectivity index (χ1n) is 12.6. The number of carbonyl (C=O) groups is 1. The van der Waals surface area contributed by atoms with Crippen molar-refractivity contribution < 1.29 is 41.0 Å². The standard InChI is InChI=1S/C28H30F6N2O4/c1-4-12-36-22(7-5-6-18-8-10-23(11-9-18)40-26(2,3)24(37)38)17-35(25(36)39)16-19-13-20(27(29,30)31)15-21(14-19)28(32,33)34/h8-11,13-15,17H,4-7,12,16H2,1-3H3,(H,37,38). The molecule has 6 nitrogen and oxygen atoms in total. The number of alkyl halides is 6. The number of rotatable bonds is 11. The fourth-order valence-electron chi connectivity index (χ4n) is 4.20. The molecule has 3 rings (SSSR count). The highest BCUT2D eigenvalue weighted by atomic mass is 19.4. The van der Waals surface area contributed by atoms with Gasteiger partial charge >= 0.3 is 24.0 Å². The average molecular weight is 573 g/mol. The van der Waals surface area contributed by atoms with Crippen molar-refractivity contribution in [2.75, 3.05) is 0 Å². The van der Waals surface area contributed by atoms with Crippen molar-refractivity contribution in [3.05, 3.63) is 87.1 Å². The molecule has 0 spiro atoms. The molecule has 0 aliphatic rings. The first-order chi connectivity index (χ1) is 18.5. The quantitative estimate of drug-likeness (QED) is 0.264. The van der Waals surface area contributed by atoms with Gasteiger partial charge in [-0.05, 0) is 81.0 Å². The number of benzene rings is 2. The molecule has 2 aromatic carbocycles. The molecule has 0 radical (unpaired) electrons. The molecule has 3 aromatic rings. The first-order valence-corrected chi connectivity index (χ1v) is 12.6. The molecule has 1 heterocycles. The van der Waals surface area contributed by atoms with Crippen LogP contribution in [-0.2, 0) is 43.1 Å². The number of hydrogen-bond acceptors (Lipinski definition) is 3. The Morgan fingerprint density at radius 2 is 1.48 bits per heavy atom. The third-order valence-electron chi connectivity index (χ3n) is 6.29. The second-order valence-corrected chi connectivity index (χ2v) is 10.0. The lowest BCUT2D eigenvalue weighted by Crippen LogP contribution is -2.37. The molecule has 1 aromatic heterocycles. The maximum atomic E-state index is 13.3. The van der Waals surface area contributed by atoms with Gasteiger partial charge in [0.05, 0.1) is 17.7 Å². The SMILES string of the molecule is CCCn1c(CCCc2ccc(OC(C)(C)C(=O)O)cc2)cn(Cc2cc(C(F)(F)F)cc(C(F)(F)F)c2)c1=O. The summed E-state index contributed by atoms with van der Waals surface area (Å²) in [7, 11) is 0. The number of carboxylic acids is 1. The zero-order valence-corrected chi connectivity index (χ0v) is 22.2. The van der Waals surface area contributed by atoms with Crippen LogP contribution in [0.4, 0.5) is 26.3 Å². The lowest BCUT2D eigenvalue weighted by molar-refractivity contribution is -0.152. The van der Waals surface area contributed by atoms with Crippen LogP contribution in [0.15, 0.2) is 53.5 Å². The van der Waals surface area contributed by atoms with Crippen molar-refractivity contribution in [3.63, 3.8) is 0 Å². The summed E-state index contributed by atoms with van der Waals surface area (Å²) in [4.78, 5) is 24.2. The highest BCUT2D eigenvalue weighted by molar-refractivity contribution is 5.76. The zero-order valence-electron chi connectivity index (χ0n) is 22.2. The van der Waals surface area contributed by atoms with Gasteiger partial charge in [-0.3, -0.25) is 9.13 Å². The third kappa shape index (κ3) is 7.70. The second-order valence-electron chi connectivity index (χ2n) is 10.0. The van der Waals surface area contributed by atoms with Gasteiger partial charge in [-0.2, -0.15) is 26.3 Å². The van der Waals surface area contributed by atoms with E-state index in [0.29, 0.717) is 55.8 Å². The second kappa shape index (κ2) is 11.8. The molecule has 0 saturated carbocycles. The number of aryl methyl sites for hydroxylation is 2. The van der Waals surface area contributed by atoms with E-state index in [1.54, 1.807) is 24.3 Å². The van der Waals surface area contributed by atoms with Gasteiger partial charge in [-0.15, -0.1) is 0 Å². The molecule has 0 bridgehead atoms. The van der Waals surface area contributed by atoms with Crippen molar-refractivity contribution in [3.8, 4) is 5.75 Å². The van der Waals surface area contributed by atoms with E-state index in [4.69, 9.17) is 4.74 Å². The summed E-state index contributed by atoms with van der Waals surface area (Å²) >= 11 is 0. The maximum absolute atomic E-state index is 13.3. The normalized spacial score (nSPS) is 12.5. The van der Waals surface area contributed by atoms with E-state index in [1.165, 1.54) is 24.6 Å². The molecule has 0 saturated heterocycles. The van der Waals surface area contributed by atoms with Crippen molar-refractivity contribution >= 4 is 5.97 Å². The van der Waals surface area contributed by atoms with Gasteiger partial charge in [0.1, 0.15) is 5.75 Å². The number of ether oxygens (including phenoxy) is 1. The number of imidazole rings is 1. The van der Waals surface area contributed by atoms with Gasteiger partial charge in [-0.1, -0.05) is 19.1 Å². The summed E-state index contributed by atoms with van der Waals surface area (Å²) < 4.78 is 87.7. The highest BCUT2D eigenvalue weighted by Gasteiger charge is 2.37. The third-order valence-corrected chi connectivity index (χ3v) is 6.29. The summed E-state index contributed by atoms with van der Waals surface area (Å²) in [5.41, 5.74) is -3.47. The molecule has 0 aliphatic carbocycles. The van der Waals surface area contributed by atoms with E-state index >= 15 is 0 Å². The summed E-state index contributed by atoms with van der Waals surface area (Å²) in [6.07, 6.45) is -6.20. The van der Waals surface area contributed by atoms with Crippen molar-refractivity contribution in [1.82, 2.24) is 9.13 Å². The van der Waals surface area contributed by atoms with Gasteiger partial charge in [0.2, 0.25) is 0 Å². The minimum Gasteiger partial charge on any atom is -0.478 e. The van der Waals surface area contributed by atoms with Crippen LogP contribution in [0.5, 0.6) is 5.75 Å². The summed E-state index contributed by atoms with van der Waals surface area (Å²) in [5, 5.41) is 9.19. The van der Waals surface area contributed by atoms with E-state index in [1.807, 2.05) is 6.92 Å². The van der Waals surface area contributed by atoms with Crippen LogP contribution in [0.3, 0.4) is 0 Å². The van der Waals surface area contributed by atoms with Gasteiger partial charge in [0.25, 0.3) is 0 Å². The minimum atomic E-state index is -4.98. The summed E-state index contributed by atoms with van der Waals surface area (Å²) in [6, 6.07) is 8.23. The Morgan fingerprint density at radius 3 is 1.98 bits per heavy atom. The predicted molar refractivity (Wildman–Crippen MR) is 135 cm³/mol. The fourth-order valence-corrected chi connectivity index (χ4v) is 4.20. The maximum Gasteiger partial charge on any atom is 0.416 e. The molecule has 40 heavy (non-hydrogen) atoms. The van der Waals surface area contributed by atoms with Crippen LogP contribution >= 0.6 is 0 Å². The summed E-state index contributed by atoms with van der Waals surface area (Å²) in [5.74, 6) is -0.705. The number of carboxylic acid groups (broad SMARTS) is 1. The predicted octanol–water partition coefficient (Wildman–Crippen LogP) is 6.56. The Labute approximate surface area is 226 Å². The fraction of sp³-hybridized carbons (Fsp3) is 0.429. The van der Waals surface area contributed by atoms with Crippen LogP contribution in [0.2, 0.25) is 0 Å². The van der Waals surface area contributed by atoms with Crippen LogP contribution in [0.1, 0.15) is 61.6 Å². The number of nitrogens with zero attached hydrogens (tertiary/aromatic N) is 2. The van der Waals surface area contributed by atoms with E-state index in [9.17, 15) is 41.0 Å². The molecule has 0 atom stereocenters. The van der Waals surface area contributed by atoms with Gasteiger partial charge in [0, 0.05) is 18.4 Å². The Balaban J connectivity index is 1.77. The Kier molecular flexibility index (Phi) is 9.10. The Hall–Kier alpha value is -3.70. The van der Waals surface area contributed by atoms with Crippen molar-refractivity contribution in [1.29, 1.82) is 0 Å². The minimum absolute atomic E-state index is 0.0612. The smallest absolute Gasteiger partial charge is 0.416 e. The molecule has 0 fully saturated rings. The number of halogens is 6. The monoisotopic (exact) mass is 572 g/mol.